The molecule has 11 nitrogen and oxygen atoms in total. The molecule has 3 amide bonds. The Morgan fingerprint density at radius 3 is 2.42 bits per heavy atom. The van der Waals surface area contributed by atoms with Crippen molar-refractivity contribution in [2.75, 3.05) is 62.3 Å². The van der Waals surface area contributed by atoms with Crippen LogP contribution in [-0.4, -0.2) is 97.2 Å². The van der Waals surface area contributed by atoms with Gasteiger partial charge in [-0.25, -0.2) is 0 Å². The zero-order valence-electron chi connectivity index (χ0n) is 33.4. The van der Waals surface area contributed by atoms with Crippen LogP contribution >= 0.6 is 0 Å². The first kappa shape index (κ1) is 36.5. The lowest BCUT2D eigenvalue weighted by atomic mass is 9.57. The van der Waals surface area contributed by atoms with Gasteiger partial charge >= 0.3 is 0 Å². The predicted molar refractivity (Wildman–Crippen MR) is 223 cm³/mol. The molecule has 4 fully saturated rings. The van der Waals surface area contributed by atoms with Crippen molar-refractivity contribution in [1.29, 1.82) is 0 Å². The number of amides is 3. The number of carbonyl (C=O) groups is 3. The molecule has 1 spiro atoms. The zero-order chi connectivity index (χ0) is 39.8. The molecule has 4 atom stereocenters. The van der Waals surface area contributed by atoms with Crippen LogP contribution in [0.5, 0.6) is 17.2 Å². The lowest BCUT2D eigenvalue weighted by molar-refractivity contribution is -0.136. The van der Waals surface area contributed by atoms with Gasteiger partial charge in [0.1, 0.15) is 29.9 Å². The van der Waals surface area contributed by atoms with Crippen LogP contribution in [0.2, 0.25) is 0 Å². The molecule has 304 valence electrons. The lowest BCUT2D eigenvalue weighted by Crippen LogP contribution is -2.59. The van der Waals surface area contributed by atoms with Crippen LogP contribution in [0.1, 0.15) is 83.0 Å². The average Bonchev–Trinajstić information content (AvgIpc) is 3.58. The Balaban J connectivity index is 0.688. The highest BCUT2D eigenvalue weighted by atomic mass is 16.5. The van der Waals surface area contributed by atoms with Gasteiger partial charge in [-0.05, 0) is 84.9 Å². The molecule has 11 rings (SSSR count). The summed E-state index contributed by atoms with van der Waals surface area (Å²) < 4.78 is 12.6. The van der Waals surface area contributed by atoms with E-state index in [1.54, 1.807) is 17.0 Å². The maximum Gasteiger partial charge on any atom is 0.255 e. The van der Waals surface area contributed by atoms with Crippen LogP contribution in [0.4, 0.5) is 11.4 Å². The summed E-state index contributed by atoms with van der Waals surface area (Å²) in [5.41, 5.74) is 7.94. The number of ether oxygens (including phenoxy) is 2. The van der Waals surface area contributed by atoms with Gasteiger partial charge in [0, 0.05) is 86.0 Å². The number of benzene rings is 4. The SMILES string of the molecule is O=C1CC[C@@H](N2Cc3c(ccc4c3OC[C@H]3CN(CC5CC6(CCN(c7ccc([C@@H]8c9ccc(O)cc9OC[C@@H]8c8ccccc8)cc7)CC6)C5)CCN43)C2=O)C(=O)N1. The number of fused-ring (bicyclic) bond motifs is 6. The first-order valence-corrected chi connectivity index (χ1v) is 21.6. The van der Waals surface area contributed by atoms with Crippen molar-refractivity contribution in [2.45, 2.75) is 69.0 Å². The van der Waals surface area contributed by atoms with Crippen LogP contribution in [-0.2, 0) is 16.1 Å². The van der Waals surface area contributed by atoms with E-state index >= 15 is 0 Å². The molecular formula is C48H51N5O6. The molecule has 11 heteroatoms. The van der Waals surface area contributed by atoms with Crippen LogP contribution < -0.4 is 24.6 Å². The van der Waals surface area contributed by atoms with Gasteiger partial charge in [0.2, 0.25) is 11.8 Å². The van der Waals surface area contributed by atoms with Crippen LogP contribution in [0.25, 0.3) is 0 Å². The molecule has 2 N–H and O–H groups in total. The minimum Gasteiger partial charge on any atom is -0.508 e. The van der Waals surface area contributed by atoms with E-state index in [0.717, 1.165) is 73.5 Å². The van der Waals surface area contributed by atoms with Gasteiger partial charge in [-0.2, -0.15) is 0 Å². The summed E-state index contributed by atoms with van der Waals surface area (Å²) in [5, 5.41) is 12.6. The van der Waals surface area contributed by atoms with Crippen molar-refractivity contribution < 1.29 is 29.0 Å². The minimum atomic E-state index is -0.631. The smallest absolute Gasteiger partial charge is 0.255 e. The predicted octanol–water partition coefficient (Wildman–Crippen LogP) is 6.04. The molecule has 1 saturated carbocycles. The summed E-state index contributed by atoms with van der Waals surface area (Å²) in [6.07, 6.45) is 5.71. The van der Waals surface area contributed by atoms with E-state index in [0.29, 0.717) is 37.2 Å². The second-order valence-corrected chi connectivity index (χ2v) is 18.1. The molecule has 59 heavy (non-hydrogen) atoms. The van der Waals surface area contributed by atoms with Crippen molar-refractivity contribution >= 4 is 29.1 Å². The van der Waals surface area contributed by atoms with Crippen molar-refractivity contribution in [3.8, 4) is 17.2 Å². The van der Waals surface area contributed by atoms with E-state index in [-0.39, 0.29) is 41.9 Å². The average molecular weight is 794 g/mol. The fourth-order valence-electron chi connectivity index (χ4n) is 11.7. The van der Waals surface area contributed by atoms with Gasteiger partial charge < -0.3 is 29.3 Å². The normalized spacial score (nSPS) is 26.2. The van der Waals surface area contributed by atoms with Crippen LogP contribution in [0, 0.1) is 11.3 Å². The van der Waals surface area contributed by atoms with Gasteiger partial charge in [0.15, 0.2) is 0 Å². The Bertz CT molecular complexity index is 2300. The van der Waals surface area contributed by atoms with Gasteiger partial charge in [-0.1, -0.05) is 48.5 Å². The molecule has 4 aromatic rings. The van der Waals surface area contributed by atoms with Gasteiger partial charge in [-0.3, -0.25) is 24.6 Å². The van der Waals surface area contributed by atoms with Crippen LogP contribution in [0.3, 0.4) is 0 Å². The third-order valence-electron chi connectivity index (χ3n) is 14.7. The van der Waals surface area contributed by atoms with E-state index in [1.165, 1.54) is 42.5 Å². The summed E-state index contributed by atoms with van der Waals surface area (Å²) in [5.74, 6) is 2.01. The third kappa shape index (κ3) is 6.40. The minimum absolute atomic E-state index is 0.143. The quantitative estimate of drug-likeness (QED) is 0.226. The Labute approximate surface area is 344 Å². The third-order valence-corrected chi connectivity index (χ3v) is 14.7. The Kier molecular flexibility index (Phi) is 8.87. The summed E-state index contributed by atoms with van der Waals surface area (Å²) in [6, 6.07) is 29.0. The maximum absolute atomic E-state index is 13.4. The number of nitrogens with zero attached hydrogens (tertiary/aromatic N) is 4. The topological polar surface area (TPSA) is 115 Å². The molecule has 0 bridgehead atoms. The highest BCUT2D eigenvalue weighted by Gasteiger charge is 2.47. The van der Waals surface area contributed by atoms with E-state index in [1.807, 2.05) is 18.2 Å². The molecule has 0 radical (unpaired) electrons. The Morgan fingerprint density at radius 1 is 0.814 bits per heavy atom. The zero-order valence-corrected chi connectivity index (χ0v) is 33.4. The first-order chi connectivity index (χ1) is 28.8. The second kappa shape index (κ2) is 14.3. The number of phenols is 1. The Hall–Kier alpha value is -5.55. The molecule has 1 aliphatic carbocycles. The highest BCUT2D eigenvalue weighted by molar-refractivity contribution is 6.06. The number of aromatic hydroxyl groups is 1. The van der Waals surface area contributed by atoms with E-state index in [4.69, 9.17) is 9.47 Å². The summed E-state index contributed by atoms with van der Waals surface area (Å²) >= 11 is 0. The number of hydrogen-bond donors (Lipinski definition) is 2. The summed E-state index contributed by atoms with van der Waals surface area (Å²) in [7, 11) is 0. The summed E-state index contributed by atoms with van der Waals surface area (Å²) in [6.45, 7) is 7.72. The van der Waals surface area contributed by atoms with E-state index in [2.05, 4.69) is 74.6 Å². The fraction of sp³-hybridized carbons (Fsp3) is 0.438. The number of nitrogens with one attached hydrogen (secondary N) is 1. The maximum atomic E-state index is 13.4. The molecule has 6 aliphatic heterocycles. The number of carbonyl (C=O) groups excluding carboxylic acids is 3. The molecular weight excluding hydrogens is 743 g/mol. The fourth-order valence-corrected chi connectivity index (χ4v) is 11.7. The van der Waals surface area contributed by atoms with E-state index < -0.39 is 11.9 Å². The van der Waals surface area contributed by atoms with Gasteiger partial charge in [0.25, 0.3) is 5.91 Å². The largest absolute Gasteiger partial charge is 0.508 e. The van der Waals surface area contributed by atoms with Crippen molar-refractivity contribution in [3.05, 3.63) is 113 Å². The van der Waals surface area contributed by atoms with Gasteiger partial charge in [0.05, 0.1) is 24.9 Å². The second-order valence-electron chi connectivity index (χ2n) is 18.1. The molecule has 7 aliphatic rings. The Morgan fingerprint density at radius 2 is 1.63 bits per heavy atom. The standard InChI is InChI=1S/C48H51N5O6/c54-35-10-11-37-42(22-35)58-29-39(31-4-2-1-3-5-31)44(37)32-6-8-33(9-7-32)51-18-16-48(17-19-51)23-30(24-48)25-50-20-21-52-34(26-50)28-59-45-38-27-53(41-14-15-43(55)49-46(41)56)47(57)36(38)12-13-40(45)52/h1-13,22,30,34,39,41,44,54H,14-21,23-29H2,(H,49,55,56)/t34-,39-,41-,44-/m1/s1. The van der Waals surface area contributed by atoms with Crippen LogP contribution in [0.15, 0.2) is 84.9 Å². The number of anilines is 2. The number of piperazine rings is 1. The molecule has 6 heterocycles. The number of hydrogen-bond acceptors (Lipinski definition) is 9. The van der Waals surface area contributed by atoms with Crippen molar-refractivity contribution in [2.24, 2.45) is 11.3 Å². The highest BCUT2D eigenvalue weighted by Crippen LogP contribution is 2.54. The first-order valence-electron chi connectivity index (χ1n) is 21.6. The monoisotopic (exact) mass is 793 g/mol. The number of rotatable bonds is 6. The lowest BCUT2D eigenvalue weighted by Gasteiger charge is -2.54. The van der Waals surface area contributed by atoms with Crippen molar-refractivity contribution in [3.63, 3.8) is 0 Å². The number of piperidine rings is 2. The molecule has 0 unspecified atom stereocenters. The number of imide groups is 1. The van der Waals surface area contributed by atoms with E-state index in [9.17, 15) is 19.5 Å². The summed E-state index contributed by atoms with van der Waals surface area (Å²) in [4.78, 5) is 47.0. The molecule has 4 aromatic carbocycles. The molecule has 0 aromatic heterocycles. The molecule has 3 saturated heterocycles. The number of phenolic OH excluding ortho intramolecular Hbond substituents is 1. The van der Waals surface area contributed by atoms with Crippen molar-refractivity contribution in [1.82, 2.24) is 15.1 Å². The van der Waals surface area contributed by atoms with Gasteiger partial charge in [-0.15, -0.1) is 0 Å².